The zero-order valence-corrected chi connectivity index (χ0v) is 11.2. The van der Waals surface area contributed by atoms with E-state index in [0.29, 0.717) is 5.92 Å². The van der Waals surface area contributed by atoms with Crippen LogP contribution in [0, 0.1) is 11.8 Å². The van der Waals surface area contributed by atoms with Gasteiger partial charge in [0.15, 0.2) is 0 Å². The van der Waals surface area contributed by atoms with Crippen LogP contribution in [-0.4, -0.2) is 29.7 Å². The Morgan fingerprint density at radius 3 is 2.38 bits per heavy atom. The minimum absolute atomic E-state index is 0.159. The molecule has 0 bridgehead atoms. The van der Waals surface area contributed by atoms with Crippen LogP contribution in [0.4, 0.5) is 4.79 Å². The molecule has 1 heterocycles. The Morgan fingerprint density at radius 1 is 1.38 bits per heavy atom. The summed E-state index contributed by atoms with van der Waals surface area (Å²) in [5, 5.41) is 0. The Balaban J connectivity index is 2.18. The number of nitrogens with zero attached hydrogens (tertiary/aromatic N) is 1. The Labute approximate surface area is 99.1 Å². The Kier molecular flexibility index (Phi) is 4.22. The van der Waals surface area contributed by atoms with Crippen LogP contribution in [0.15, 0.2) is 0 Å². The fourth-order valence-corrected chi connectivity index (χ4v) is 1.80. The lowest BCUT2D eigenvalue weighted by Gasteiger charge is -2.40. The molecule has 1 aliphatic heterocycles. The number of hydrogen-bond donors (Lipinski definition) is 0. The molecule has 0 aromatic rings. The predicted octanol–water partition coefficient (Wildman–Crippen LogP) is 3.29. The van der Waals surface area contributed by atoms with Crippen molar-refractivity contribution in [1.82, 2.24) is 4.90 Å². The quantitative estimate of drug-likeness (QED) is 0.740. The monoisotopic (exact) mass is 227 g/mol. The highest BCUT2D eigenvalue weighted by atomic mass is 16.6. The van der Waals surface area contributed by atoms with Crippen molar-refractivity contribution in [3.8, 4) is 0 Å². The third kappa shape index (κ3) is 4.42. The maximum absolute atomic E-state index is 11.6. The molecule has 16 heavy (non-hydrogen) atoms. The van der Waals surface area contributed by atoms with Crippen LogP contribution < -0.4 is 0 Å². The van der Waals surface area contributed by atoms with Gasteiger partial charge in [-0.15, -0.1) is 0 Å². The van der Waals surface area contributed by atoms with Gasteiger partial charge in [-0.1, -0.05) is 20.3 Å². The van der Waals surface area contributed by atoms with Crippen molar-refractivity contribution in [2.24, 2.45) is 11.8 Å². The minimum Gasteiger partial charge on any atom is -0.444 e. The summed E-state index contributed by atoms with van der Waals surface area (Å²) in [5.41, 5.74) is -0.375. The van der Waals surface area contributed by atoms with Gasteiger partial charge in [0, 0.05) is 13.1 Å². The largest absolute Gasteiger partial charge is 0.444 e. The topological polar surface area (TPSA) is 29.5 Å². The molecule has 0 aromatic heterocycles. The summed E-state index contributed by atoms with van der Waals surface area (Å²) in [4.78, 5) is 13.4. The minimum atomic E-state index is -0.375. The van der Waals surface area contributed by atoms with E-state index in [1.54, 1.807) is 4.90 Å². The van der Waals surface area contributed by atoms with Crippen molar-refractivity contribution in [3.05, 3.63) is 0 Å². The highest BCUT2D eigenvalue weighted by Crippen LogP contribution is 2.24. The number of hydrogen-bond acceptors (Lipinski definition) is 2. The zero-order chi connectivity index (χ0) is 12.3. The van der Waals surface area contributed by atoms with Crippen molar-refractivity contribution in [2.45, 2.75) is 53.1 Å². The first-order chi connectivity index (χ1) is 7.28. The molecule has 0 atom stereocenters. The van der Waals surface area contributed by atoms with Crippen molar-refractivity contribution in [2.75, 3.05) is 13.1 Å². The summed E-state index contributed by atoms with van der Waals surface area (Å²) in [6, 6.07) is 0. The van der Waals surface area contributed by atoms with Gasteiger partial charge in [0.05, 0.1) is 0 Å². The van der Waals surface area contributed by atoms with Crippen LogP contribution in [0.25, 0.3) is 0 Å². The first-order valence-electron chi connectivity index (χ1n) is 6.26. The Hall–Kier alpha value is -0.730. The van der Waals surface area contributed by atoms with Crippen LogP contribution in [-0.2, 0) is 4.74 Å². The highest BCUT2D eigenvalue weighted by Gasteiger charge is 2.33. The fraction of sp³-hybridized carbons (Fsp3) is 0.923. The lowest BCUT2D eigenvalue weighted by atomic mass is 9.92. The SMILES string of the molecule is CC(C)CCC1CN(C(=O)OC(C)(C)C)C1. The molecule has 0 unspecified atom stereocenters. The molecule has 94 valence electrons. The third-order valence-electron chi connectivity index (χ3n) is 2.76. The van der Waals surface area contributed by atoms with Crippen molar-refractivity contribution in [3.63, 3.8) is 0 Å². The summed E-state index contributed by atoms with van der Waals surface area (Å²) in [5.74, 6) is 1.45. The van der Waals surface area contributed by atoms with E-state index in [9.17, 15) is 4.79 Å². The smallest absolute Gasteiger partial charge is 0.410 e. The van der Waals surface area contributed by atoms with E-state index >= 15 is 0 Å². The molecule has 0 aliphatic carbocycles. The van der Waals surface area contributed by atoms with E-state index in [1.807, 2.05) is 20.8 Å². The summed E-state index contributed by atoms with van der Waals surface area (Å²) < 4.78 is 5.30. The van der Waals surface area contributed by atoms with Crippen LogP contribution in [0.3, 0.4) is 0 Å². The average Bonchev–Trinajstić information content (AvgIpc) is 1.96. The lowest BCUT2D eigenvalue weighted by molar-refractivity contribution is -0.00273. The molecule has 1 rings (SSSR count). The Morgan fingerprint density at radius 2 is 1.94 bits per heavy atom. The number of carbonyl (C=O) groups excluding carboxylic acids is 1. The summed E-state index contributed by atoms with van der Waals surface area (Å²) >= 11 is 0. The molecular weight excluding hydrogens is 202 g/mol. The number of carbonyl (C=O) groups is 1. The number of ether oxygens (including phenoxy) is 1. The second-order valence-corrected chi connectivity index (χ2v) is 6.22. The molecule has 1 aliphatic rings. The first-order valence-corrected chi connectivity index (χ1v) is 6.26. The molecule has 0 radical (unpaired) electrons. The van der Waals surface area contributed by atoms with Gasteiger partial charge in [0.25, 0.3) is 0 Å². The highest BCUT2D eigenvalue weighted by molar-refractivity contribution is 5.69. The molecule has 1 saturated heterocycles. The molecule has 1 amide bonds. The number of rotatable bonds is 3. The summed E-state index contributed by atoms with van der Waals surface area (Å²) in [6.45, 7) is 11.9. The van der Waals surface area contributed by atoms with E-state index < -0.39 is 0 Å². The van der Waals surface area contributed by atoms with Crippen LogP contribution >= 0.6 is 0 Å². The van der Waals surface area contributed by atoms with Gasteiger partial charge in [-0.2, -0.15) is 0 Å². The van der Waals surface area contributed by atoms with E-state index in [-0.39, 0.29) is 11.7 Å². The lowest BCUT2D eigenvalue weighted by Crippen LogP contribution is -2.51. The fourth-order valence-electron chi connectivity index (χ4n) is 1.80. The van der Waals surface area contributed by atoms with Gasteiger partial charge >= 0.3 is 6.09 Å². The molecule has 3 heteroatoms. The molecular formula is C13H25NO2. The van der Waals surface area contributed by atoms with Crippen LogP contribution in [0.2, 0.25) is 0 Å². The van der Waals surface area contributed by atoms with Gasteiger partial charge in [-0.05, 0) is 39.0 Å². The van der Waals surface area contributed by atoms with E-state index in [4.69, 9.17) is 4.74 Å². The standard InChI is InChI=1S/C13H25NO2/c1-10(2)6-7-11-8-14(9-11)12(15)16-13(3,4)5/h10-11H,6-9H2,1-5H3. The predicted molar refractivity (Wildman–Crippen MR) is 65.4 cm³/mol. The van der Waals surface area contributed by atoms with Crippen molar-refractivity contribution < 1.29 is 9.53 Å². The molecule has 0 saturated carbocycles. The first kappa shape index (κ1) is 13.3. The maximum atomic E-state index is 11.6. The van der Waals surface area contributed by atoms with Crippen molar-refractivity contribution in [1.29, 1.82) is 0 Å². The maximum Gasteiger partial charge on any atom is 0.410 e. The van der Waals surface area contributed by atoms with Gasteiger partial charge in [-0.3, -0.25) is 0 Å². The van der Waals surface area contributed by atoms with Gasteiger partial charge in [0.2, 0.25) is 0 Å². The molecule has 3 nitrogen and oxygen atoms in total. The van der Waals surface area contributed by atoms with Crippen LogP contribution in [0.5, 0.6) is 0 Å². The van der Waals surface area contributed by atoms with Crippen molar-refractivity contribution >= 4 is 6.09 Å². The van der Waals surface area contributed by atoms with E-state index in [2.05, 4.69) is 13.8 Å². The molecule has 0 spiro atoms. The average molecular weight is 227 g/mol. The molecule has 1 fully saturated rings. The van der Waals surface area contributed by atoms with Gasteiger partial charge in [0.1, 0.15) is 5.60 Å². The normalized spacial score (nSPS) is 17.5. The molecule has 0 aromatic carbocycles. The Bertz CT molecular complexity index is 237. The summed E-state index contributed by atoms with van der Waals surface area (Å²) in [7, 11) is 0. The second-order valence-electron chi connectivity index (χ2n) is 6.22. The number of amides is 1. The van der Waals surface area contributed by atoms with Gasteiger partial charge in [-0.25, -0.2) is 4.79 Å². The zero-order valence-electron chi connectivity index (χ0n) is 11.2. The van der Waals surface area contributed by atoms with Crippen LogP contribution in [0.1, 0.15) is 47.5 Å². The van der Waals surface area contributed by atoms with E-state index in [0.717, 1.165) is 19.0 Å². The third-order valence-corrected chi connectivity index (χ3v) is 2.76. The van der Waals surface area contributed by atoms with Gasteiger partial charge < -0.3 is 9.64 Å². The van der Waals surface area contributed by atoms with E-state index in [1.165, 1.54) is 12.8 Å². The summed E-state index contributed by atoms with van der Waals surface area (Å²) in [6.07, 6.45) is 2.33. The second kappa shape index (κ2) is 5.07. The molecule has 0 N–H and O–H groups in total. The number of likely N-dealkylation sites (tertiary alicyclic amines) is 1.